The number of nitrogen functional groups attached to an aromatic ring is 1. The summed E-state index contributed by atoms with van der Waals surface area (Å²) in [5.74, 6) is -1.73. The second-order valence-electron chi connectivity index (χ2n) is 6.74. The minimum Gasteiger partial charge on any atom is -0.497 e. The molecule has 4 N–H and O–H groups in total. The van der Waals surface area contributed by atoms with Gasteiger partial charge < -0.3 is 20.4 Å². The van der Waals surface area contributed by atoms with E-state index in [0.29, 0.717) is 29.6 Å². The number of halogens is 3. The first-order valence-electron chi connectivity index (χ1n) is 8.73. The second-order valence-corrected chi connectivity index (χ2v) is 8.28. The fourth-order valence-corrected chi connectivity index (χ4v) is 3.80. The molecule has 1 amide bonds. The van der Waals surface area contributed by atoms with Crippen molar-refractivity contribution in [1.29, 1.82) is 0 Å². The average molecular weight is 461 g/mol. The number of nitrogens with zero attached hydrogens (tertiary/aromatic N) is 3. The molecule has 0 bridgehead atoms. The number of carbonyl (C=O) groups is 1. The molecule has 1 aliphatic rings. The van der Waals surface area contributed by atoms with E-state index in [0.717, 1.165) is 0 Å². The van der Waals surface area contributed by atoms with Gasteiger partial charge in [-0.05, 0) is 19.4 Å². The number of alkyl halides is 3. The Labute approximate surface area is 174 Å². The number of anilines is 1. The molecule has 2 heterocycles. The lowest BCUT2D eigenvalue weighted by molar-refractivity contribution is -0.0501. The minimum absolute atomic E-state index is 0.0124. The van der Waals surface area contributed by atoms with Gasteiger partial charge in [0.1, 0.15) is 22.7 Å². The molecular weight excluding hydrogens is 443 g/mol. The van der Waals surface area contributed by atoms with E-state index in [1.807, 2.05) is 13.0 Å². The molecule has 10 nitrogen and oxygen atoms in total. The number of carbonyl (C=O) groups excluding carboxylic acids is 1. The Morgan fingerprint density at radius 3 is 2.55 bits per heavy atom. The number of nitrogens with two attached hydrogens (primary N) is 2. The van der Waals surface area contributed by atoms with Crippen molar-refractivity contribution in [3.05, 3.63) is 29.2 Å². The van der Waals surface area contributed by atoms with E-state index in [1.54, 1.807) is 6.92 Å². The lowest BCUT2D eigenvalue weighted by Crippen LogP contribution is -2.28. The summed E-state index contributed by atoms with van der Waals surface area (Å²) in [6.45, 7) is 3.65. The summed E-state index contributed by atoms with van der Waals surface area (Å²) < 4.78 is 71.2. The number of methoxy groups -OCH3 is 1. The Morgan fingerprint density at radius 2 is 2.00 bits per heavy atom. The third-order valence-corrected chi connectivity index (χ3v) is 5.70. The summed E-state index contributed by atoms with van der Waals surface area (Å²) in [4.78, 5) is 19.7. The number of allylic oxidation sites excluding steroid dienone is 3. The average Bonchev–Trinajstić information content (AvgIpc) is 2.92. The number of fused-ring (bicyclic) bond motifs is 1. The molecule has 1 atom stereocenters. The van der Waals surface area contributed by atoms with E-state index in [4.69, 9.17) is 16.2 Å². The highest BCUT2D eigenvalue weighted by Crippen LogP contribution is 2.39. The first kappa shape index (κ1) is 22.4. The Kier molecular flexibility index (Phi) is 5.38. The van der Waals surface area contributed by atoms with Crippen LogP contribution in [0.4, 0.5) is 19.0 Å². The largest absolute Gasteiger partial charge is 0.534 e. The topological polar surface area (TPSA) is 152 Å². The molecule has 0 radical (unpaired) electrons. The molecule has 168 valence electrons. The van der Waals surface area contributed by atoms with Crippen molar-refractivity contribution in [2.75, 3.05) is 12.8 Å². The van der Waals surface area contributed by atoms with E-state index in [1.165, 1.54) is 11.7 Å². The molecule has 0 aromatic carbocycles. The predicted octanol–water partition coefficient (Wildman–Crippen LogP) is 2.14. The highest BCUT2D eigenvalue weighted by Gasteiger charge is 2.49. The van der Waals surface area contributed by atoms with Crippen molar-refractivity contribution in [3.63, 3.8) is 0 Å². The summed E-state index contributed by atoms with van der Waals surface area (Å²) >= 11 is 0. The molecule has 0 saturated carbocycles. The third kappa shape index (κ3) is 3.66. The van der Waals surface area contributed by atoms with E-state index < -0.39 is 27.4 Å². The number of hydrogen-bond acceptors (Lipinski definition) is 8. The van der Waals surface area contributed by atoms with Crippen LogP contribution < -0.4 is 15.7 Å². The summed E-state index contributed by atoms with van der Waals surface area (Å²) in [7, 11) is -4.51. The van der Waals surface area contributed by atoms with Gasteiger partial charge in [0, 0.05) is 17.2 Å². The van der Waals surface area contributed by atoms with E-state index in [-0.39, 0.29) is 28.5 Å². The summed E-state index contributed by atoms with van der Waals surface area (Å²) in [5, 5.41) is 0. The number of rotatable bonds is 5. The van der Waals surface area contributed by atoms with Crippen molar-refractivity contribution in [2.24, 2.45) is 11.7 Å². The van der Waals surface area contributed by atoms with Crippen LogP contribution in [-0.2, 0) is 14.9 Å². The predicted molar refractivity (Wildman–Crippen MR) is 104 cm³/mol. The Hall–Kier alpha value is -3.29. The van der Waals surface area contributed by atoms with Crippen molar-refractivity contribution >= 4 is 38.7 Å². The smallest absolute Gasteiger partial charge is 0.497 e. The highest BCUT2D eigenvalue weighted by molar-refractivity contribution is 7.87. The van der Waals surface area contributed by atoms with Gasteiger partial charge in [-0.2, -0.15) is 21.6 Å². The zero-order valence-corrected chi connectivity index (χ0v) is 17.3. The minimum atomic E-state index is -5.99. The number of aromatic nitrogens is 3. The molecule has 14 heteroatoms. The monoisotopic (exact) mass is 461 g/mol. The van der Waals surface area contributed by atoms with Crippen molar-refractivity contribution in [1.82, 2.24) is 14.5 Å². The maximum atomic E-state index is 12.6. The zero-order valence-electron chi connectivity index (χ0n) is 16.5. The number of ether oxygens (including phenoxy) is 1. The maximum Gasteiger partial charge on any atom is 0.534 e. The van der Waals surface area contributed by atoms with Crippen molar-refractivity contribution in [3.8, 4) is 5.88 Å². The molecule has 2 aromatic heterocycles. The fraction of sp³-hybridized carbons (Fsp3) is 0.353. The molecule has 0 saturated heterocycles. The van der Waals surface area contributed by atoms with Crippen LogP contribution in [0.25, 0.3) is 16.9 Å². The van der Waals surface area contributed by atoms with Crippen LogP contribution in [0.15, 0.2) is 23.6 Å². The van der Waals surface area contributed by atoms with Gasteiger partial charge in [-0.3, -0.25) is 9.36 Å². The van der Waals surface area contributed by atoms with Gasteiger partial charge >= 0.3 is 15.6 Å². The van der Waals surface area contributed by atoms with E-state index >= 15 is 0 Å². The summed E-state index contributed by atoms with van der Waals surface area (Å²) in [5.41, 5.74) is 6.52. The quantitative estimate of drug-likeness (QED) is 0.507. The lowest BCUT2D eigenvalue weighted by atomic mass is 9.92. The van der Waals surface area contributed by atoms with Gasteiger partial charge in [-0.25, -0.2) is 9.97 Å². The zero-order chi connectivity index (χ0) is 23.3. The molecule has 0 aliphatic heterocycles. The molecule has 0 fully saturated rings. The molecule has 31 heavy (non-hydrogen) atoms. The number of hydrogen-bond donors (Lipinski definition) is 2. The summed E-state index contributed by atoms with van der Waals surface area (Å²) in [6.07, 6.45) is 3.13. The van der Waals surface area contributed by atoms with E-state index in [9.17, 15) is 26.4 Å². The summed E-state index contributed by atoms with van der Waals surface area (Å²) in [6, 6.07) is 0. The van der Waals surface area contributed by atoms with Crippen LogP contribution in [0.5, 0.6) is 5.88 Å². The highest BCUT2D eigenvalue weighted by atomic mass is 32.2. The maximum absolute atomic E-state index is 12.6. The molecule has 0 unspecified atom stereocenters. The molecule has 3 rings (SSSR count). The van der Waals surface area contributed by atoms with Gasteiger partial charge in [0.2, 0.25) is 0 Å². The van der Waals surface area contributed by atoms with Gasteiger partial charge in [-0.15, -0.1) is 0 Å². The van der Waals surface area contributed by atoms with Crippen LogP contribution >= 0.6 is 0 Å². The standard InChI is InChI=1S/C17H18F3N5O5S/c1-7-4-5-9(29-3)8(2)13(7)25-14(21)11(15(22)26)12-16(25)23-6-10(24-12)30-31(27,28)17(18,19)20/h5-7H,4,21H2,1-3H3,(H2,22,26)/t7-/m1/s1. The second kappa shape index (κ2) is 7.44. The third-order valence-electron chi connectivity index (χ3n) is 4.74. The lowest BCUT2D eigenvalue weighted by Gasteiger charge is -2.26. The molecule has 0 spiro atoms. The van der Waals surface area contributed by atoms with Gasteiger partial charge in [-0.1, -0.05) is 6.92 Å². The normalized spacial score (nSPS) is 17.6. The number of amides is 1. The molecular formula is C17H18F3N5O5S. The Bertz CT molecular complexity index is 1250. The first-order chi connectivity index (χ1) is 14.3. The fourth-order valence-electron chi connectivity index (χ4n) is 3.40. The Morgan fingerprint density at radius 1 is 1.35 bits per heavy atom. The number of primary amides is 1. The SMILES string of the molecule is COC1=CC[C@@H](C)C(n2c(N)c(C(N)=O)c3nc(OS(=O)(=O)C(F)(F)F)cnc32)=C1C. The van der Waals surface area contributed by atoms with Crippen molar-refractivity contribution < 1.29 is 35.3 Å². The van der Waals surface area contributed by atoms with E-state index in [2.05, 4.69) is 14.2 Å². The van der Waals surface area contributed by atoms with Gasteiger partial charge in [0.05, 0.1) is 13.3 Å². The van der Waals surface area contributed by atoms with Crippen LogP contribution in [0.1, 0.15) is 30.6 Å². The van der Waals surface area contributed by atoms with Crippen LogP contribution in [0.3, 0.4) is 0 Å². The van der Waals surface area contributed by atoms with Crippen molar-refractivity contribution in [2.45, 2.75) is 25.8 Å². The molecule has 2 aromatic rings. The van der Waals surface area contributed by atoms with Crippen LogP contribution in [-0.4, -0.2) is 41.5 Å². The van der Waals surface area contributed by atoms with Crippen LogP contribution in [0.2, 0.25) is 0 Å². The van der Waals surface area contributed by atoms with Gasteiger partial charge in [0.25, 0.3) is 11.8 Å². The van der Waals surface area contributed by atoms with Crippen LogP contribution in [0, 0.1) is 5.92 Å². The first-order valence-corrected chi connectivity index (χ1v) is 10.1. The molecule has 1 aliphatic carbocycles. The Balaban J connectivity index is 2.28. The van der Waals surface area contributed by atoms with Gasteiger partial charge in [0.15, 0.2) is 5.65 Å².